The van der Waals surface area contributed by atoms with Crippen LogP contribution in [0.25, 0.3) is 0 Å². The van der Waals surface area contributed by atoms with E-state index in [0.29, 0.717) is 19.8 Å². The summed E-state index contributed by atoms with van der Waals surface area (Å²) >= 11 is 0. The van der Waals surface area contributed by atoms with Crippen LogP contribution in [0.5, 0.6) is 0 Å². The summed E-state index contributed by atoms with van der Waals surface area (Å²) in [6.07, 6.45) is 7.20. The first-order chi connectivity index (χ1) is 9.31. The molecule has 0 aromatic rings. The summed E-state index contributed by atoms with van der Waals surface area (Å²) in [7, 11) is 0. The Balaban J connectivity index is 3.09. The standard InChI is InChI=1S/C15H33NO3/c1-3-5-6-7-8-9-11-19-14-15(17)13-16-10-12-18-4-2/h15-17H,3-14H2,1-2H3. The zero-order valence-electron chi connectivity index (χ0n) is 12.8. The Hall–Kier alpha value is -0.160. The fraction of sp³-hybridized carbons (Fsp3) is 1.00. The van der Waals surface area contributed by atoms with Gasteiger partial charge >= 0.3 is 0 Å². The van der Waals surface area contributed by atoms with Gasteiger partial charge in [0.15, 0.2) is 0 Å². The normalized spacial score (nSPS) is 12.8. The van der Waals surface area contributed by atoms with Gasteiger partial charge in [0, 0.05) is 26.3 Å². The van der Waals surface area contributed by atoms with Gasteiger partial charge in [-0.3, -0.25) is 0 Å². The molecule has 2 N–H and O–H groups in total. The number of unbranched alkanes of at least 4 members (excludes halogenated alkanes) is 5. The lowest BCUT2D eigenvalue weighted by molar-refractivity contribution is 0.0343. The van der Waals surface area contributed by atoms with Gasteiger partial charge in [-0.25, -0.2) is 0 Å². The van der Waals surface area contributed by atoms with Crippen LogP contribution in [0.2, 0.25) is 0 Å². The van der Waals surface area contributed by atoms with Gasteiger partial charge in [-0.2, -0.15) is 0 Å². The monoisotopic (exact) mass is 275 g/mol. The van der Waals surface area contributed by atoms with E-state index in [1.807, 2.05) is 6.92 Å². The van der Waals surface area contributed by atoms with Crippen LogP contribution in [0.15, 0.2) is 0 Å². The van der Waals surface area contributed by atoms with Gasteiger partial charge in [0.1, 0.15) is 0 Å². The van der Waals surface area contributed by atoms with Crippen LogP contribution in [0.4, 0.5) is 0 Å². The van der Waals surface area contributed by atoms with Gasteiger partial charge in [-0.15, -0.1) is 0 Å². The minimum Gasteiger partial charge on any atom is -0.389 e. The first kappa shape index (κ1) is 18.8. The van der Waals surface area contributed by atoms with Gasteiger partial charge in [-0.1, -0.05) is 39.0 Å². The molecule has 0 rings (SSSR count). The number of aliphatic hydroxyl groups excluding tert-OH is 1. The maximum Gasteiger partial charge on any atom is 0.0897 e. The van der Waals surface area contributed by atoms with Gasteiger partial charge in [0.2, 0.25) is 0 Å². The Labute approximate surface area is 118 Å². The third kappa shape index (κ3) is 15.8. The van der Waals surface area contributed by atoms with Crippen LogP contribution >= 0.6 is 0 Å². The second-order valence-corrected chi connectivity index (χ2v) is 4.90. The quantitative estimate of drug-likeness (QED) is 0.450. The molecule has 0 saturated heterocycles. The molecule has 0 aliphatic rings. The summed E-state index contributed by atoms with van der Waals surface area (Å²) in [5.41, 5.74) is 0. The average Bonchev–Trinajstić information content (AvgIpc) is 2.41. The van der Waals surface area contributed by atoms with Crippen molar-refractivity contribution in [3.8, 4) is 0 Å². The van der Waals surface area contributed by atoms with Crippen LogP contribution in [0, 0.1) is 0 Å². The zero-order valence-corrected chi connectivity index (χ0v) is 12.8. The molecular formula is C15H33NO3. The van der Waals surface area contributed by atoms with Crippen molar-refractivity contribution in [3.63, 3.8) is 0 Å². The second-order valence-electron chi connectivity index (χ2n) is 4.90. The molecule has 0 aromatic carbocycles. The highest BCUT2D eigenvalue weighted by Crippen LogP contribution is 2.04. The number of nitrogens with one attached hydrogen (secondary N) is 1. The number of ether oxygens (including phenoxy) is 2. The zero-order chi connectivity index (χ0) is 14.2. The molecule has 19 heavy (non-hydrogen) atoms. The van der Waals surface area contributed by atoms with Gasteiger partial charge in [-0.05, 0) is 13.3 Å². The fourth-order valence-electron chi connectivity index (χ4n) is 1.82. The Bertz CT molecular complexity index is 167. The van der Waals surface area contributed by atoms with Crippen molar-refractivity contribution in [1.82, 2.24) is 5.32 Å². The molecule has 1 atom stereocenters. The van der Waals surface area contributed by atoms with E-state index in [4.69, 9.17) is 9.47 Å². The van der Waals surface area contributed by atoms with E-state index in [2.05, 4.69) is 12.2 Å². The first-order valence-electron chi connectivity index (χ1n) is 7.85. The molecule has 4 nitrogen and oxygen atoms in total. The highest BCUT2D eigenvalue weighted by Gasteiger charge is 2.03. The predicted molar refractivity (Wildman–Crippen MR) is 79.6 cm³/mol. The van der Waals surface area contributed by atoms with Crippen molar-refractivity contribution >= 4 is 0 Å². The molecule has 1 unspecified atom stereocenters. The van der Waals surface area contributed by atoms with E-state index in [1.54, 1.807) is 0 Å². The number of hydrogen-bond acceptors (Lipinski definition) is 4. The van der Waals surface area contributed by atoms with Crippen molar-refractivity contribution in [1.29, 1.82) is 0 Å². The second kappa shape index (κ2) is 15.9. The molecule has 0 amide bonds. The summed E-state index contributed by atoms with van der Waals surface area (Å²) in [5, 5.41) is 12.8. The highest BCUT2D eigenvalue weighted by atomic mass is 16.5. The minimum atomic E-state index is -0.415. The van der Waals surface area contributed by atoms with Crippen LogP contribution < -0.4 is 5.32 Å². The van der Waals surface area contributed by atoms with E-state index in [9.17, 15) is 5.11 Å². The Kier molecular flexibility index (Phi) is 15.8. The number of rotatable bonds is 15. The summed E-state index contributed by atoms with van der Waals surface area (Å²) < 4.78 is 10.7. The van der Waals surface area contributed by atoms with Crippen molar-refractivity contribution in [2.24, 2.45) is 0 Å². The number of aliphatic hydroxyl groups is 1. The van der Waals surface area contributed by atoms with Gasteiger partial charge in [0.25, 0.3) is 0 Å². The minimum absolute atomic E-state index is 0.415. The summed E-state index contributed by atoms with van der Waals surface area (Å²) in [6.45, 7) is 8.19. The van der Waals surface area contributed by atoms with E-state index in [0.717, 1.165) is 26.2 Å². The molecule has 0 saturated carbocycles. The Morgan fingerprint density at radius 2 is 1.68 bits per heavy atom. The molecule has 0 spiro atoms. The smallest absolute Gasteiger partial charge is 0.0897 e. The molecule has 0 aromatic heterocycles. The lowest BCUT2D eigenvalue weighted by Gasteiger charge is -2.12. The third-order valence-electron chi connectivity index (χ3n) is 2.96. The maximum absolute atomic E-state index is 9.65. The van der Waals surface area contributed by atoms with Gasteiger partial charge in [0.05, 0.1) is 19.3 Å². The third-order valence-corrected chi connectivity index (χ3v) is 2.96. The highest BCUT2D eigenvalue weighted by molar-refractivity contribution is 4.58. The van der Waals surface area contributed by atoms with Crippen molar-refractivity contribution in [2.45, 2.75) is 58.5 Å². The van der Waals surface area contributed by atoms with E-state index < -0.39 is 6.10 Å². The van der Waals surface area contributed by atoms with Crippen LogP contribution in [0.3, 0.4) is 0 Å². The summed E-state index contributed by atoms with van der Waals surface area (Å²) in [5.74, 6) is 0. The molecule has 0 heterocycles. The molecule has 0 fully saturated rings. The summed E-state index contributed by atoms with van der Waals surface area (Å²) in [4.78, 5) is 0. The largest absolute Gasteiger partial charge is 0.389 e. The molecule has 0 radical (unpaired) electrons. The topological polar surface area (TPSA) is 50.7 Å². The number of hydrogen-bond donors (Lipinski definition) is 2. The van der Waals surface area contributed by atoms with E-state index >= 15 is 0 Å². The predicted octanol–water partition coefficient (Wildman–Crippen LogP) is 2.35. The van der Waals surface area contributed by atoms with Crippen molar-refractivity contribution in [2.75, 3.05) is 39.5 Å². The fourth-order valence-corrected chi connectivity index (χ4v) is 1.82. The Morgan fingerprint density at radius 1 is 0.947 bits per heavy atom. The lowest BCUT2D eigenvalue weighted by Crippen LogP contribution is -2.32. The summed E-state index contributed by atoms with van der Waals surface area (Å²) in [6, 6.07) is 0. The van der Waals surface area contributed by atoms with Crippen LogP contribution in [-0.4, -0.2) is 50.7 Å². The molecule has 116 valence electrons. The maximum atomic E-state index is 9.65. The molecular weight excluding hydrogens is 242 g/mol. The van der Waals surface area contributed by atoms with Gasteiger partial charge < -0.3 is 19.9 Å². The van der Waals surface area contributed by atoms with Crippen LogP contribution in [-0.2, 0) is 9.47 Å². The van der Waals surface area contributed by atoms with E-state index in [-0.39, 0.29) is 0 Å². The molecule has 0 aliphatic carbocycles. The average molecular weight is 275 g/mol. The molecule has 0 aliphatic heterocycles. The molecule has 0 bridgehead atoms. The lowest BCUT2D eigenvalue weighted by atomic mass is 10.1. The Morgan fingerprint density at radius 3 is 2.42 bits per heavy atom. The van der Waals surface area contributed by atoms with Crippen molar-refractivity contribution in [3.05, 3.63) is 0 Å². The first-order valence-corrected chi connectivity index (χ1v) is 7.85. The molecule has 4 heteroatoms. The van der Waals surface area contributed by atoms with Crippen molar-refractivity contribution < 1.29 is 14.6 Å². The van der Waals surface area contributed by atoms with Crippen LogP contribution in [0.1, 0.15) is 52.4 Å². The van der Waals surface area contributed by atoms with E-state index in [1.165, 1.54) is 32.1 Å². The SMILES string of the molecule is CCCCCCCCOCC(O)CNCCOCC.